The SMILES string of the molecule is CCCN(C(=O)c1n[nH]c(C(C)C)n1)C1CCNC1. The highest BCUT2D eigenvalue weighted by Gasteiger charge is 2.29. The predicted molar refractivity (Wildman–Crippen MR) is 73.1 cm³/mol. The van der Waals surface area contributed by atoms with Crippen molar-refractivity contribution in [1.82, 2.24) is 25.4 Å². The van der Waals surface area contributed by atoms with Crippen LogP contribution in [0.2, 0.25) is 0 Å². The van der Waals surface area contributed by atoms with Crippen molar-refractivity contribution in [1.29, 1.82) is 0 Å². The zero-order chi connectivity index (χ0) is 13.8. The summed E-state index contributed by atoms with van der Waals surface area (Å²) in [5, 5.41) is 10.2. The molecule has 19 heavy (non-hydrogen) atoms. The number of H-pyrrole nitrogens is 1. The molecule has 2 rings (SSSR count). The van der Waals surface area contributed by atoms with Crippen LogP contribution in [-0.4, -0.2) is 51.7 Å². The lowest BCUT2D eigenvalue weighted by Gasteiger charge is -2.26. The summed E-state index contributed by atoms with van der Waals surface area (Å²) >= 11 is 0. The van der Waals surface area contributed by atoms with Crippen LogP contribution in [0.5, 0.6) is 0 Å². The van der Waals surface area contributed by atoms with Crippen molar-refractivity contribution >= 4 is 5.91 Å². The number of rotatable bonds is 5. The molecule has 0 saturated carbocycles. The second-order valence-electron chi connectivity index (χ2n) is 5.34. The van der Waals surface area contributed by atoms with Crippen LogP contribution in [0.4, 0.5) is 0 Å². The quantitative estimate of drug-likeness (QED) is 0.837. The molecule has 0 radical (unpaired) electrons. The van der Waals surface area contributed by atoms with Crippen LogP contribution < -0.4 is 5.32 Å². The van der Waals surface area contributed by atoms with Crippen LogP contribution >= 0.6 is 0 Å². The first-order valence-electron chi connectivity index (χ1n) is 7.07. The summed E-state index contributed by atoms with van der Waals surface area (Å²) in [7, 11) is 0. The summed E-state index contributed by atoms with van der Waals surface area (Å²) in [5.41, 5.74) is 0. The lowest BCUT2D eigenvalue weighted by molar-refractivity contribution is 0.0680. The molecule has 0 aliphatic carbocycles. The summed E-state index contributed by atoms with van der Waals surface area (Å²) in [4.78, 5) is 18.7. The Morgan fingerprint density at radius 1 is 1.53 bits per heavy atom. The third kappa shape index (κ3) is 3.12. The van der Waals surface area contributed by atoms with Crippen molar-refractivity contribution in [2.75, 3.05) is 19.6 Å². The van der Waals surface area contributed by atoms with E-state index < -0.39 is 0 Å². The molecule has 0 aromatic carbocycles. The van der Waals surface area contributed by atoms with Gasteiger partial charge in [-0.3, -0.25) is 9.89 Å². The van der Waals surface area contributed by atoms with Crippen LogP contribution in [0.1, 0.15) is 56.0 Å². The van der Waals surface area contributed by atoms with Gasteiger partial charge in [-0.1, -0.05) is 20.8 Å². The van der Waals surface area contributed by atoms with Gasteiger partial charge in [0, 0.05) is 25.0 Å². The van der Waals surface area contributed by atoms with Crippen LogP contribution in [-0.2, 0) is 0 Å². The molecule has 1 aromatic heterocycles. The Hall–Kier alpha value is -1.43. The highest BCUT2D eigenvalue weighted by molar-refractivity contribution is 5.90. The summed E-state index contributed by atoms with van der Waals surface area (Å²) in [6.07, 6.45) is 1.96. The maximum atomic E-state index is 12.5. The Morgan fingerprint density at radius 2 is 2.32 bits per heavy atom. The highest BCUT2D eigenvalue weighted by Crippen LogP contribution is 2.14. The third-order valence-corrected chi connectivity index (χ3v) is 3.44. The normalized spacial score (nSPS) is 19.1. The lowest BCUT2D eigenvalue weighted by Crippen LogP contribution is -2.42. The molecule has 0 spiro atoms. The first-order valence-corrected chi connectivity index (χ1v) is 7.07. The second kappa shape index (κ2) is 6.14. The fourth-order valence-electron chi connectivity index (χ4n) is 2.35. The minimum Gasteiger partial charge on any atom is -0.332 e. The molecule has 1 aromatic rings. The van der Waals surface area contributed by atoms with E-state index in [1.807, 2.05) is 18.7 Å². The summed E-state index contributed by atoms with van der Waals surface area (Å²) in [5.74, 6) is 1.26. The van der Waals surface area contributed by atoms with Crippen LogP contribution in [0.3, 0.4) is 0 Å². The maximum absolute atomic E-state index is 12.5. The number of carbonyl (C=O) groups is 1. The van der Waals surface area contributed by atoms with Gasteiger partial charge in [0.2, 0.25) is 5.82 Å². The largest absolute Gasteiger partial charge is 0.332 e. The second-order valence-corrected chi connectivity index (χ2v) is 5.34. The van der Waals surface area contributed by atoms with E-state index in [4.69, 9.17) is 0 Å². The van der Waals surface area contributed by atoms with Crippen LogP contribution in [0.15, 0.2) is 0 Å². The van der Waals surface area contributed by atoms with Crippen molar-refractivity contribution in [3.8, 4) is 0 Å². The molecule has 2 N–H and O–H groups in total. The number of hydrogen-bond donors (Lipinski definition) is 2. The van der Waals surface area contributed by atoms with Crippen molar-refractivity contribution in [2.45, 2.75) is 45.6 Å². The average Bonchev–Trinajstić information content (AvgIpc) is 3.05. The van der Waals surface area contributed by atoms with Gasteiger partial charge < -0.3 is 10.2 Å². The van der Waals surface area contributed by atoms with E-state index in [1.54, 1.807) is 0 Å². The van der Waals surface area contributed by atoms with Gasteiger partial charge in [0.05, 0.1) is 0 Å². The van der Waals surface area contributed by atoms with Crippen molar-refractivity contribution in [3.63, 3.8) is 0 Å². The third-order valence-electron chi connectivity index (χ3n) is 3.44. The fraction of sp³-hybridized carbons (Fsp3) is 0.769. The Balaban J connectivity index is 2.13. The van der Waals surface area contributed by atoms with Gasteiger partial charge in [-0.15, -0.1) is 5.10 Å². The molecule has 1 atom stereocenters. The van der Waals surface area contributed by atoms with E-state index in [2.05, 4.69) is 27.4 Å². The molecule has 6 heteroatoms. The molecule has 0 bridgehead atoms. The maximum Gasteiger partial charge on any atom is 0.293 e. The van der Waals surface area contributed by atoms with E-state index in [0.29, 0.717) is 5.82 Å². The number of hydrogen-bond acceptors (Lipinski definition) is 4. The standard InChI is InChI=1S/C13H23N5O/c1-4-7-18(10-5-6-14-8-10)13(19)12-15-11(9(2)3)16-17-12/h9-10,14H,4-8H2,1-3H3,(H,15,16,17). The molecular formula is C13H23N5O. The van der Waals surface area contributed by atoms with E-state index in [0.717, 1.165) is 38.3 Å². The number of aromatic amines is 1. The number of carbonyl (C=O) groups excluding carboxylic acids is 1. The summed E-state index contributed by atoms with van der Waals surface area (Å²) in [6.45, 7) is 8.74. The van der Waals surface area contributed by atoms with Gasteiger partial charge in [-0.05, 0) is 19.4 Å². The topological polar surface area (TPSA) is 73.9 Å². The number of aromatic nitrogens is 3. The van der Waals surface area contributed by atoms with Gasteiger partial charge in [-0.25, -0.2) is 4.98 Å². The van der Waals surface area contributed by atoms with E-state index >= 15 is 0 Å². The predicted octanol–water partition coefficient (Wildman–Crippen LogP) is 1.14. The lowest BCUT2D eigenvalue weighted by atomic mass is 10.2. The molecule has 2 heterocycles. The average molecular weight is 265 g/mol. The smallest absolute Gasteiger partial charge is 0.293 e. The minimum atomic E-state index is -0.0568. The summed E-state index contributed by atoms with van der Waals surface area (Å²) < 4.78 is 0. The zero-order valence-electron chi connectivity index (χ0n) is 11.9. The first-order chi connectivity index (χ1) is 9.13. The van der Waals surface area contributed by atoms with Gasteiger partial charge in [0.25, 0.3) is 5.91 Å². The molecular weight excluding hydrogens is 242 g/mol. The molecule has 1 amide bonds. The van der Waals surface area contributed by atoms with Gasteiger partial charge in [0.1, 0.15) is 5.82 Å². The Kier molecular flexibility index (Phi) is 4.52. The molecule has 6 nitrogen and oxygen atoms in total. The van der Waals surface area contributed by atoms with Gasteiger partial charge in [-0.2, -0.15) is 0 Å². The molecule has 1 aliphatic rings. The van der Waals surface area contributed by atoms with Gasteiger partial charge >= 0.3 is 0 Å². The summed E-state index contributed by atoms with van der Waals surface area (Å²) in [6, 6.07) is 0.272. The van der Waals surface area contributed by atoms with Crippen molar-refractivity contribution < 1.29 is 4.79 Å². The van der Waals surface area contributed by atoms with Crippen molar-refractivity contribution in [2.24, 2.45) is 0 Å². The molecule has 106 valence electrons. The van der Waals surface area contributed by atoms with Crippen molar-refractivity contribution in [3.05, 3.63) is 11.6 Å². The zero-order valence-corrected chi connectivity index (χ0v) is 11.9. The van der Waals surface area contributed by atoms with Crippen LogP contribution in [0.25, 0.3) is 0 Å². The monoisotopic (exact) mass is 265 g/mol. The Labute approximate surface area is 114 Å². The Morgan fingerprint density at radius 3 is 2.84 bits per heavy atom. The molecule has 1 fully saturated rings. The van der Waals surface area contributed by atoms with Crippen LogP contribution in [0, 0.1) is 0 Å². The molecule has 1 unspecified atom stereocenters. The molecule has 1 saturated heterocycles. The van der Waals surface area contributed by atoms with Gasteiger partial charge in [0.15, 0.2) is 0 Å². The number of nitrogens with one attached hydrogen (secondary N) is 2. The Bertz CT molecular complexity index is 422. The highest BCUT2D eigenvalue weighted by atomic mass is 16.2. The first kappa shape index (κ1) is 14.0. The minimum absolute atomic E-state index is 0.0568. The number of amides is 1. The molecule has 1 aliphatic heterocycles. The fourth-order valence-corrected chi connectivity index (χ4v) is 2.35. The van der Waals surface area contributed by atoms with E-state index in [-0.39, 0.29) is 17.9 Å². The number of nitrogens with zero attached hydrogens (tertiary/aromatic N) is 3. The van der Waals surface area contributed by atoms with E-state index in [9.17, 15) is 4.79 Å². The van der Waals surface area contributed by atoms with E-state index in [1.165, 1.54) is 0 Å².